The van der Waals surface area contributed by atoms with Crippen molar-refractivity contribution in [3.05, 3.63) is 57.3 Å². The summed E-state index contributed by atoms with van der Waals surface area (Å²) in [6, 6.07) is 8.72. The summed E-state index contributed by atoms with van der Waals surface area (Å²) in [6.45, 7) is 7.71. The Morgan fingerprint density at radius 2 is 2.06 bits per heavy atom. The first-order chi connectivity index (χ1) is 15.0. The van der Waals surface area contributed by atoms with Crippen molar-refractivity contribution in [2.45, 2.75) is 32.7 Å². The van der Waals surface area contributed by atoms with E-state index in [1.165, 1.54) is 11.3 Å². The van der Waals surface area contributed by atoms with Crippen LogP contribution in [0.25, 0.3) is 5.76 Å². The van der Waals surface area contributed by atoms with E-state index in [-0.39, 0.29) is 11.3 Å². The van der Waals surface area contributed by atoms with Crippen molar-refractivity contribution in [2.75, 3.05) is 32.8 Å². The number of carbonyl (C=O) groups excluding carboxylic acids is 2. The molecule has 4 rings (SSSR count). The normalized spacial score (nSPS) is 20.2. The van der Waals surface area contributed by atoms with Gasteiger partial charge in [0.25, 0.3) is 11.7 Å². The van der Waals surface area contributed by atoms with Gasteiger partial charge in [0.2, 0.25) is 0 Å². The first-order valence-electron chi connectivity index (χ1n) is 10.8. The second-order valence-corrected chi connectivity index (χ2v) is 8.79. The number of nitrogens with zero attached hydrogens (tertiary/aromatic N) is 2. The number of amides is 1. The lowest BCUT2D eigenvalue weighted by atomic mass is 9.97. The van der Waals surface area contributed by atoms with Gasteiger partial charge in [0.15, 0.2) is 0 Å². The molecule has 1 unspecified atom stereocenters. The van der Waals surface area contributed by atoms with E-state index < -0.39 is 17.7 Å². The smallest absolute Gasteiger partial charge is 0.295 e. The Bertz CT molecular complexity index is 995. The van der Waals surface area contributed by atoms with E-state index in [1.807, 2.05) is 29.6 Å². The predicted molar refractivity (Wildman–Crippen MR) is 121 cm³/mol. The maximum absolute atomic E-state index is 13.1. The van der Waals surface area contributed by atoms with Gasteiger partial charge in [0.05, 0.1) is 18.2 Å². The molecule has 7 heteroatoms. The van der Waals surface area contributed by atoms with Gasteiger partial charge < -0.3 is 19.6 Å². The molecule has 6 nitrogen and oxygen atoms in total. The number of carbonyl (C=O) groups is 2. The molecule has 1 saturated heterocycles. The summed E-state index contributed by atoms with van der Waals surface area (Å²) in [5, 5.41) is 13.1. The second kappa shape index (κ2) is 9.24. The van der Waals surface area contributed by atoms with E-state index in [0.29, 0.717) is 25.3 Å². The molecule has 0 bridgehead atoms. The molecular weight excluding hydrogens is 412 g/mol. The first kappa shape index (κ1) is 21.6. The molecule has 1 aromatic carbocycles. The van der Waals surface area contributed by atoms with Crippen molar-refractivity contribution in [2.24, 2.45) is 0 Å². The number of Topliss-reactive ketones (excluding diaryl/α,β-unsaturated/α-hetero) is 1. The summed E-state index contributed by atoms with van der Waals surface area (Å²) in [7, 11) is 0. The minimum absolute atomic E-state index is 0.115. The average molecular weight is 441 g/mol. The molecular formula is C24H28N2O4S. The highest BCUT2D eigenvalue weighted by molar-refractivity contribution is 7.10. The van der Waals surface area contributed by atoms with Gasteiger partial charge in [-0.05, 0) is 61.1 Å². The molecule has 31 heavy (non-hydrogen) atoms. The quantitative estimate of drug-likeness (QED) is 0.403. The van der Waals surface area contributed by atoms with Crippen LogP contribution < -0.4 is 4.74 Å². The third-order valence-electron chi connectivity index (χ3n) is 6.09. The number of aliphatic hydroxyl groups excluding tert-OH is 1. The lowest BCUT2D eigenvalue weighted by Gasteiger charge is -2.27. The monoisotopic (exact) mass is 440 g/mol. The Balaban J connectivity index is 1.74. The number of rotatable bonds is 7. The SMILES string of the molecule is CCN(CC)CCN1C(=O)C(=O)/C(=C(\O)c2ccc3c(c2)CCCO3)C1c1cccs1. The minimum atomic E-state index is -0.621. The minimum Gasteiger partial charge on any atom is -0.507 e. The summed E-state index contributed by atoms with van der Waals surface area (Å²) < 4.78 is 5.66. The van der Waals surface area contributed by atoms with Crippen molar-refractivity contribution >= 4 is 28.8 Å². The number of ether oxygens (including phenoxy) is 1. The van der Waals surface area contributed by atoms with Gasteiger partial charge in [-0.2, -0.15) is 0 Å². The highest BCUT2D eigenvalue weighted by Gasteiger charge is 2.46. The zero-order valence-electron chi connectivity index (χ0n) is 18.0. The summed E-state index contributed by atoms with van der Waals surface area (Å²) in [5.74, 6) is -0.467. The number of hydrogen-bond donors (Lipinski definition) is 1. The van der Waals surface area contributed by atoms with Crippen LogP contribution in [0, 0.1) is 0 Å². The molecule has 2 aliphatic rings. The first-order valence-corrected chi connectivity index (χ1v) is 11.7. The number of thiophene rings is 1. The van der Waals surface area contributed by atoms with E-state index in [9.17, 15) is 14.7 Å². The molecule has 2 aliphatic heterocycles. The number of fused-ring (bicyclic) bond motifs is 1. The maximum Gasteiger partial charge on any atom is 0.295 e. The van der Waals surface area contributed by atoms with Gasteiger partial charge in [-0.1, -0.05) is 19.9 Å². The highest BCUT2D eigenvalue weighted by Crippen LogP contribution is 2.41. The third-order valence-corrected chi connectivity index (χ3v) is 7.01. The fourth-order valence-corrected chi connectivity index (χ4v) is 5.15. The van der Waals surface area contributed by atoms with Crippen molar-refractivity contribution in [1.82, 2.24) is 9.80 Å². The van der Waals surface area contributed by atoms with Crippen LogP contribution in [0.15, 0.2) is 41.3 Å². The summed E-state index contributed by atoms with van der Waals surface area (Å²) in [4.78, 5) is 30.7. The summed E-state index contributed by atoms with van der Waals surface area (Å²) >= 11 is 1.49. The fraction of sp³-hybridized carbons (Fsp3) is 0.417. The number of likely N-dealkylation sites (N-methyl/N-ethyl adjacent to an activating group) is 1. The molecule has 0 aliphatic carbocycles. The molecule has 1 fully saturated rings. The van der Waals surface area contributed by atoms with E-state index in [2.05, 4.69) is 18.7 Å². The second-order valence-electron chi connectivity index (χ2n) is 7.81. The number of likely N-dealkylation sites (tertiary alicyclic amines) is 1. The Morgan fingerprint density at radius 3 is 2.77 bits per heavy atom. The van der Waals surface area contributed by atoms with Crippen molar-refractivity contribution in [1.29, 1.82) is 0 Å². The Morgan fingerprint density at radius 1 is 1.26 bits per heavy atom. The van der Waals surface area contributed by atoms with Gasteiger partial charge in [-0.15, -0.1) is 11.3 Å². The number of aryl methyl sites for hydroxylation is 1. The van der Waals surface area contributed by atoms with E-state index in [4.69, 9.17) is 4.74 Å². The molecule has 0 saturated carbocycles. The van der Waals surface area contributed by atoms with Crippen molar-refractivity contribution < 1.29 is 19.4 Å². The average Bonchev–Trinajstić information content (AvgIpc) is 3.41. The summed E-state index contributed by atoms with van der Waals surface area (Å²) in [6.07, 6.45) is 1.78. The van der Waals surface area contributed by atoms with Crippen LogP contribution in [-0.2, 0) is 16.0 Å². The Hall–Kier alpha value is -2.64. The Labute approximate surface area is 186 Å². The lowest BCUT2D eigenvalue weighted by Crippen LogP contribution is -2.37. The molecule has 1 amide bonds. The molecule has 164 valence electrons. The predicted octanol–water partition coefficient (Wildman–Crippen LogP) is 3.84. The number of hydrogen-bond acceptors (Lipinski definition) is 6. The van der Waals surface area contributed by atoms with Gasteiger partial charge in [0, 0.05) is 23.5 Å². The lowest BCUT2D eigenvalue weighted by molar-refractivity contribution is -0.140. The number of aliphatic hydroxyl groups is 1. The Kier molecular flexibility index (Phi) is 6.43. The molecule has 1 aromatic heterocycles. The van der Waals surface area contributed by atoms with Crippen molar-refractivity contribution in [3.63, 3.8) is 0 Å². The van der Waals surface area contributed by atoms with E-state index >= 15 is 0 Å². The van der Waals surface area contributed by atoms with Gasteiger partial charge >= 0.3 is 0 Å². The van der Waals surface area contributed by atoms with Crippen LogP contribution >= 0.6 is 11.3 Å². The van der Waals surface area contributed by atoms with Crippen molar-refractivity contribution in [3.8, 4) is 5.75 Å². The van der Waals surface area contributed by atoms with Gasteiger partial charge in [-0.3, -0.25) is 9.59 Å². The number of ketones is 1. The molecule has 0 spiro atoms. The van der Waals surface area contributed by atoms with E-state index in [0.717, 1.165) is 42.1 Å². The summed E-state index contributed by atoms with van der Waals surface area (Å²) in [5.41, 5.74) is 1.73. The van der Waals surface area contributed by atoms with E-state index in [1.54, 1.807) is 11.0 Å². The van der Waals surface area contributed by atoms with Crippen LogP contribution in [-0.4, -0.2) is 59.4 Å². The maximum atomic E-state index is 13.1. The molecule has 0 radical (unpaired) electrons. The van der Waals surface area contributed by atoms with Gasteiger partial charge in [-0.25, -0.2) is 0 Å². The highest BCUT2D eigenvalue weighted by atomic mass is 32.1. The largest absolute Gasteiger partial charge is 0.507 e. The molecule has 3 heterocycles. The van der Waals surface area contributed by atoms with Crippen LogP contribution in [0.2, 0.25) is 0 Å². The zero-order valence-corrected chi connectivity index (χ0v) is 18.8. The van der Waals surface area contributed by atoms with Crippen LogP contribution in [0.4, 0.5) is 0 Å². The fourth-order valence-electron chi connectivity index (χ4n) is 4.31. The molecule has 1 atom stereocenters. The molecule has 2 aromatic rings. The van der Waals surface area contributed by atoms with Crippen LogP contribution in [0.1, 0.15) is 42.3 Å². The topological polar surface area (TPSA) is 70.1 Å². The third kappa shape index (κ3) is 4.12. The van der Waals surface area contributed by atoms with Gasteiger partial charge in [0.1, 0.15) is 11.5 Å². The van der Waals surface area contributed by atoms with Crippen LogP contribution in [0.5, 0.6) is 5.75 Å². The standard InChI is InChI=1S/C24H28N2O4S/c1-3-25(4-2)11-12-26-21(19-8-6-14-31-19)20(23(28)24(26)29)22(27)17-9-10-18-16(15-17)7-5-13-30-18/h6,8-10,14-15,21,27H,3-5,7,11-13H2,1-2H3/b22-20-. The zero-order chi connectivity index (χ0) is 22.0. The molecule has 1 N–H and O–H groups in total. The number of benzene rings is 1. The van der Waals surface area contributed by atoms with Crippen LogP contribution in [0.3, 0.4) is 0 Å².